The van der Waals surface area contributed by atoms with Gasteiger partial charge < -0.3 is 10.1 Å². The van der Waals surface area contributed by atoms with E-state index in [1.165, 1.54) is 29.5 Å². The second-order valence-corrected chi connectivity index (χ2v) is 7.57. The molecule has 0 saturated heterocycles. The summed E-state index contributed by atoms with van der Waals surface area (Å²) in [5.74, 6) is -0.0713. The summed E-state index contributed by atoms with van der Waals surface area (Å²) in [7, 11) is 1.50. The number of anilines is 1. The van der Waals surface area contributed by atoms with Gasteiger partial charge in [-0.2, -0.15) is 0 Å². The van der Waals surface area contributed by atoms with E-state index < -0.39 is 5.91 Å². The van der Waals surface area contributed by atoms with Crippen LogP contribution >= 0.6 is 22.9 Å². The molecule has 1 aliphatic rings. The summed E-state index contributed by atoms with van der Waals surface area (Å²) in [6.45, 7) is 0. The third kappa shape index (κ3) is 2.87. The monoisotopic (exact) mass is 389 g/mol. The van der Waals surface area contributed by atoms with Gasteiger partial charge in [0, 0.05) is 21.8 Å². The number of aromatic nitrogens is 2. The third-order valence-corrected chi connectivity index (χ3v) is 5.85. The Morgan fingerprint density at radius 3 is 2.96 bits per heavy atom. The zero-order chi connectivity index (χ0) is 18.3. The first-order valence-electron chi connectivity index (χ1n) is 8.25. The number of nitrogens with one attached hydrogen (secondary N) is 1. The van der Waals surface area contributed by atoms with Gasteiger partial charge in [0.15, 0.2) is 4.96 Å². The van der Waals surface area contributed by atoms with Crippen LogP contribution in [0.2, 0.25) is 5.02 Å². The van der Waals surface area contributed by atoms with Gasteiger partial charge in [-0.15, -0.1) is 11.3 Å². The Kier molecular flexibility index (Phi) is 4.42. The zero-order valence-corrected chi connectivity index (χ0v) is 15.6. The molecule has 1 amide bonds. The maximum absolute atomic E-state index is 12.9. The van der Waals surface area contributed by atoms with Crippen LogP contribution < -0.4 is 15.6 Å². The Hall–Kier alpha value is -2.38. The number of benzene rings is 1. The van der Waals surface area contributed by atoms with Crippen molar-refractivity contribution in [2.24, 2.45) is 0 Å². The normalized spacial score (nSPS) is 13.5. The molecule has 1 N–H and O–H groups in total. The van der Waals surface area contributed by atoms with E-state index in [9.17, 15) is 9.59 Å². The molecule has 2 aromatic heterocycles. The number of aryl methyl sites for hydroxylation is 2. The van der Waals surface area contributed by atoms with Crippen LogP contribution in [0.5, 0.6) is 5.75 Å². The van der Waals surface area contributed by atoms with E-state index in [1.54, 1.807) is 22.6 Å². The summed E-state index contributed by atoms with van der Waals surface area (Å²) in [6.07, 6.45) is 5.30. The highest BCUT2D eigenvalue weighted by atomic mass is 35.5. The van der Waals surface area contributed by atoms with Gasteiger partial charge in [-0.3, -0.25) is 14.0 Å². The highest BCUT2D eigenvalue weighted by Gasteiger charge is 2.22. The largest absolute Gasteiger partial charge is 0.495 e. The van der Waals surface area contributed by atoms with Crippen molar-refractivity contribution in [1.29, 1.82) is 0 Å². The molecule has 1 aliphatic carbocycles. The molecular formula is C18H16ClN3O3S. The Bertz CT molecular complexity index is 1070. The molecule has 3 aromatic rings. The summed E-state index contributed by atoms with van der Waals surface area (Å²) in [5.41, 5.74) is 1.05. The molecule has 0 spiro atoms. The number of hydrogen-bond donors (Lipinski definition) is 1. The van der Waals surface area contributed by atoms with Gasteiger partial charge in [0.2, 0.25) is 0 Å². The lowest BCUT2D eigenvalue weighted by Crippen LogP contribution is -2.27. The summed E-state index contributed by atoms with van der Waals surface area (Å²) < 4.78 is 6.82. The topological polar surface area (TPSA) is 72.7 Å². The Labute approximate surface area is 158 Å². The Morgan fingerprint density at radius 1 is 1.35 bits per heavy atom. The van der Waals surface area contributed by atoms with Crippen LogP contribution in [0, 0.1) is 0 Å². The fourth-order valence-corrected chi connectivity index (χ4v) is 4.53. The van der Waals surface area contributed by atoms with E-state index in [4.69, 9.17) is 16.3 Å². The van der Waals surface area contributed by atoms with Crippen LogP contribution in [-0.4, -0.2) is 22.4 Å². The first-order valence-corrected chi connectivity index (χ1v) is 9.45. The van der Waals surface area contributed by atoms with Gasteiger partial charge in [-0.25, -0.2) is 4.98 Å². The summed E-state index contributed by atoms with van der Waals surface area (Å²) in [5, 5.41) is 3.15. The molecule has 2 heterocycles. The number of hydrogen-bond acceptors (Lipinski definition) is 5. The van der Waals surface area contributed by atoms with E-state index in [0.717, 1.165) is 31.4 Å². The van der Waals surface area contributed by atoms with Crippen molar-refractivity contribution >= 4 is 39.5 Å². The van der Waals surface area contributed by atoms with Gasteiger partial charge in [-0.1, -0.05) is 11.6 Å². The Morgan fingerprint density at radius 2 is 2.15 bits per heavy atom. The first-order chi connectivity index (χ1) is 12.6. The average Bonchev–Trinajstić information content (AvgIpc) is 3.01. The molecule has 0 bridgehead atoms. The fraction of sp³-hybridized carbons (Fsp3) is 0.278. The molecule has 0 atom stereocenters. The Balaban J connectivity index is 1.75. The number of carbonyl (C=O) groups excluding carboxylic acids is 1. The van der Waals surface area contributed by atoms with E-state index in [1.807, 2.05) is 0 Å². The number of fused-ring (bicyclic) bond motifs is 3. The van der Waals surface area contributed by atoms with Crippen LogP contribution in [-0.2, 0) is 12.8 Å². The van der Waals surface area contributed by atoms with Crippen molar-refractivity contribution in [3.63, 3.8) is 0 Å². The average molecular weight is 390 g/mol. The third-order valence-electron chi connectivity index (χ3n) is 4.46. The molecule has 134 valence electrons. The van der Waals surface area contributed by atoms with E-state index in [0.29, 0.717) is 21.4 Å². The van der Waals surface area contributed by atoms with Crippen molar-refractivity contribution < 1.29 is 9.53 Å². The lowest BCUT2D eigenvalue weighted by molar-refractivity contribution is 0.102. The lowest BCUT2D eigenvalue weighted by Gasteiger charge is -2.11. The minimum atomic E-state index is -0.534. The van der Waals surface area contributed by atoms with Gasteiger partial charge in [0.25, 0.3) is 11.5 Å². The molecule has 1 aromatic carbocycles. The molecular weight excluding hydrogens is 374 g/mol. The zero-order valence-electron chi connectivity index (χ0n) is 14.0. The van der Waals surface area contributed by atoms with Gasteiger partial charge >= 0.3 is 0 Å². The van der Waals surface area contributed by atoms with Crippen LogP contribution in [0.25, 0.3) is 4.96 Å². The number of ether oxygens (including phenoxy) is 1. The van der Waals surface area contributed by atoms with Crippen molar-refractivity contribution in [2.45, 2.75) is 25.7 Å². The molecule has 4 rings (SSSR count). The highest BCUT2D eigenvalue weighted by molar-refractivity contribution is 7.17. The van der Waals surface area contributed by atoms with Crippen molar-refractivity contribution in [3.8, 4) is 5.75 Å². The van der Waals surface area contributed by atoms with Crippen LogP contribution in [0.3, 0.4) is 0 Å². The predicted molar refractivity (Wildman–Crippen MR) is 102 cm³/mol. The van der Waals surface area contributed by atoms with E-state index in [-0.39, 0.29) is 11.1 Å². The second kappa shape index (κ2) is 6.74. The molecule has 0 saturated carbocycles. The highest BCUT2D eigenvalue weighted by Crippen LogP contribution is 2.29. The molecule has 26 heavy (non-hydrogen) atoms. The number of rotatable bonds is 3. The van der Waals surface area contributed by atoms with Gasteiger partial charge in [-0.05, 0) is 43.9 Å². The van der Waals surface area contributed by atoms with Gasteiger partial charge in [0.05, 0.1) is 12.8 Å². The van der Waals surface area contributed by atoms with E-state index >= 15 is 0 Å². The maximum Gasteiger partial charge on any atom is 0.271 e. The quantitative estimate of drug-likeness (QED) is 0.743. The summed E-state index contributed by atoms with van der Waals surface area (Å²) >= 11 is 7.52. The van der Waals surface area contributed by atoms with Crippen molar-refractivity contribution in [3.05, 3.63) is 55.9 Å². The molecule has 0 aliphatic heterocycles. The molecule has 8 heteroatoms. The van der Waals surface area contributed by atoms with Crippen LogP contribution in [0.1, 0.15) is 33.8 Å². The summed E-state index contributed by atoms with van der Waals surface area (Å²) in [6, 6.07) is 4.89. The van der Waals surface area contributed by atoms with Crippen LogP contribution in [0.4, 0.5) is 5.69 Å². The maximum atomic E-state index is 12.9. The standard InChI is InChI=1S/C18H16ClN3O3S/c1-25-14-7-6-10(19)8-12(14)21-16(23)11-9-20-18-22(17(11)24)13-4-2-3-5-15(13)26-18/h6-9H,2-5H2,1H3,(H,21,23). The molecule has 0 unspecified atom stereocenters. The van der Waals surface area contributed by atoms with Crippen LogP contribution in [0.15, 0.2) is 29.2 Å². The number of amides is 1. The number of thiazole rings is 1. The lowest BCUT2D eigenvalue weighted by atomic mass is 10.0. The first kappa shape index (κ1) is 17.1. The van der Waals surface area contributed by atoms with Gasteiger partial charge in [0.1, 0.15) is 11.3 Å². The number of halogens is 1. The predicted octanol–water partition coefficient (Wildman–Crippen LogP) is 3.55. The number of carbonyl (C=O) groups is 1. The van der Waals surface area contributed by atoms with Crippen molar-refractivity contribution in [2.75, 3.05) is 12.4 Å². The number of methoxy groups -OCH3 is 1. The van der Waals surface area contributed by atoms with E-state index in [2.05, 4.69) is 10.3 Å². The molecule has 0 radical (unpaired) electrons. The molecule has 0 fully saturated rings. The minimum Gasteiger partial charge on any atom is -0.495 e. The SMILES string of the molecule is COc1ccc(Cl)cc1NC(=O)c1cnc2sc3c(n2c1=O)CCCC3. The second-order valence-electron chi connectivity index (χ2n) is 6.07. The minimum absolute atomic E-state index is 0.00398. The molecule has 6 nitrogen and oxygen atoms in total. The number of nitrogens with zero attached hydrogens (tertiary/aromatic N) is 2. The van der Waals surface area contributed by atoms with Crippen molar-refractivity contribution in [1.82, 2.24) is 9.38 Å². The fourth-order valence-electron chi connectivity index (χ4n) is 3.19. The summed E-state index contributed by atoms with van der Waals surface area (Å²) in [4.78, 5) is 31.8. The smallest absolute Gasteiger partial charge is 0.271 e.